The van der Waals surface area contributed by atoms with E-state index in [-0.39, 0.29) is 35.6 Å². The van der Waals surface area contributed by atoms with Crippen molar-refractivity contribution in [2.45, 2.75) is 17.7 Å². The molecule has 2 rings (SSSR count). The highest BCUT2D eigenvalue weighted by molar-refractivity contribution is 7.89. The van der Waals surface area contributed by atoms with E-state index in [1.165, 1.54) is 10.5 Å². The Morgan fingerprint density at radius 3 is 2.74 bits per heavy atom. The van der Waals surface area contributed by atoms with E-state index in [0.29, 0.717) is 19.6 Å². The number of hydrogen-bond acceptors (Lipinski definition) is 4. The van der Waals surface area contributed by atoms with Gasteiger partial charge in [-0.15, -0.1) is 24.8 Å². The molecule has 0 bridgehead atoms. The second kappa shape index (κ2) is 8.01. The van der Waals surface area contributed by atoms with E-state index in [2.05, 4.69) is 4.98 Å². The van der Waals surface area contributed by atoms with Crippen molar-refractivity contribution in [3.8, 4) is 0 Å². The van der Waals surface area contributed by atoms with Crippen LogP contribution < -0.4 is 5.73 Å². The molecule has 1 aliphatic heterocycles. The van der Waals surface area contributed by atoms with Gasteiger partial charge in [0.2, 0.25) is 10.0 Å². The number of nitrogens with two attached hydrogens (primary N) is 1. The normalized spacial score (nSPS) is 20.2. The van der Waals surface area contributed by atoms with Crippen LogP contribution in [0.1, 0.15) is 12.8 Å². The summed E-state index contributed by atoms with van der Waals surface area (Å²) in [6.07, 6.45) is 4.84. The van der Waals surface area contributed by atoms with E-state index >= 15 is 0 Å². The van der Waals surface area contributed by atoms with Crippen molar-refractivity contribution in [1.82, 2.24) is 9.29 Å². The third kappa shape index (κ3) is 4.29. The lowest BCUT2D eigenvalue weighted by atomic mass is 10.0. The third-order valence-electron chi connectivity index (χ3n) is 3.09. The molecule has 0 aliphatic carbocycles. The summed E-state index contributed by atoms with van der Waals surface area (Å²) in [6, 6.07) is 3.21. The van der Waals surface area contributed by atoms with E-state index in [9.17, 15) is 8.42 Å². The lowest BCUT2D eigenvalue weighted by Gasteiger charge is -2.31. The van der Waals surface area contributed by atoms with Crippen molar-refractivity contribution in [1.29, 1.82) is 0 Å². The molecule has 0 aromatic carbocycles. The van der Waals surface area contributed by atoms with Gasteiger partial charge in [0.15, 0.2) is 0 Å². The highest BCUT2D eigenvalue weighted by Crippen LogP contribution is 2.22. The van der Waals surface area contributed by atoms with Crippen molar-refractivity contribution in [3.63, 3.8) is 0 Å². The zero-order chi connectivity index (χ0) is 12.3. The number of rotatable bonds is 3. The third-order valence-corrected chi connectivity index (χ3v) is 4.94. The van der Waals surface area contributed by atoms with Gasteiger partial charge in [0.05, 0.1) is 0 Å². The summed E-state index contributed by atoms with van der Waals surface area (Å²) in [7, 11) is -3.39. The minimum Gasteiger partial charge on any atom is -0.330 e. The lowest BCUT2D eigenvalue weighted by Crippen LogP contribution is -2.41. The zero-order valence-corrected chi connectivity index (χ0v) is 12.9. The molecule has 1 aromatic rings. The number of nitrogens with zero attached hydrogens (tertiary/aromatic N) is 2. The number of pyridine rings is 1. The second-order valence-corrected chi connectivity index (χ2v) is 6.23. The van der Waals surface area contributed by atoms with Crippen molar-refractivity contribution in [2.75, 3.05) is 19.6 Å². The molecule has 2 N–H and O–H groups in total. The molecule has 110 valence electrons. The minimum absolute atomic E-state index is 0. The van der Waals surface area contributed by atoms with Gasteiger partial charge in [-0.3, -0.25) is 4.98 Å². The van der Waals surface area contributed by atoms with Crippen molar-refractivity contribution >= 4 is 34.8 Å². The molecule has 2 heterocycles. The summed E-state index contributed by atoms with van der Waals surface area (Å²) in [5, 5.41) is 0. The van der Waals surface area contributed by atoms with Gasteiger partial charge in [0.25, 0.3) is 0 Å². The summed E-state index contributed by atoms with van der Waals surface area (Å²) >= 11 is 0. The largest absolute Gasteiger partial charge is 0.330 e. The van der Waals surface area contributed by atoms with Crippen LogP contribution in [0, 0.1) is 5.92 Å². The van der Waals surface area contributed by atoms with Crippen LogP contribution in [0.5, 0.6) is 0 Å². The number of piperidine rings is 1. The Hall–Kier alpha value is -0.400. The molecule has 5 nitrogen and oxygen atoms in total. The molecular formula is C11H19Cl2N3O2S. The van der Waals surface area contributed by atoms with Crippen LogP contribution >= 0.6 is 24.8 Å². The monoisotopic (exact) mass is 327 g/mol. The Morgan fingerprint density at radius 1 is 1.42 bits per heavy atom. The van der Waals surface area contributed by atoms with E-state index in [0.717, 1.165) is 12.8 Å². The summed E-state index contributed by atoms with van der Waals surface area (Å²) in [4.78, 5) is 4.12. The Labute approximate surface area is 126 Å². The topological polar surface area (TPSA) is 76.3 Å². The number of sulfonamides is 1. The van der Waals surface area contributed by atoms with E-state index < -0.39 is 10.0 Å². The molecule has 0 amide bonds. The maximum absolute atomic E-state index is 12.3. The van der Waals surface area contributed by atoms with Crippen LogP contribution in [0.3, 0.4) is 0 Å². The summed E-state index contributed by atoms with van der Waals surface area (Å²) < 4.78 is 26.1. The average molecular weight is 328 g/mol. The zero-order valence-electron chi connectivity index (χ0n) is 10.4. The minimum atomic E-state index is -3.39. The van der Waals surface area contributed by atoms with Gasteiger partial charge in [0, 0.05) is 25.5 Å². The van der Waals surface area contributed by atoms with E-state index in [1.54, 1.807) is 18.3 Å². The molecule has 1 saturated heterocycles. The predicted octanol–water partition coefficient (Wildman–Crippen LogP) is 1.28. The maximum Gasteiger partial charge on any atom is 0.244 e. The van der Waals surface area contributed by atoms with Gasteiger partial charge in [-0.2, -0.15) is 4.31 Å². The van der Waals surface area contributed by atoms with Crippen LogP contribution in [0.2, 0.25) is 0 Å². The summed E-state index contributed by atoms with van der Waals surface area (Å²) in [6.45, 7) is 1.64. The summed E-state index contributed by atoms with van der Waals surface area (Å²) in [5.41, 5.74) is 5.61. The first kappa shape index (κ1) is 18.6. The van der Waals surface area contributed by atoms with Crippen LogP contribution in [-0.4, -0.2) is 37.3 Å². The van der Waals surface area contributed by atoms with Crippen molar-refractivity contribution in [2.24, 2.45) is 11.7 Å². The van der Waals surface area contributed by atoms with Crippen LogP contribution in [-0.2, 0) is 10.0 Å². The van der Waals surface area contributed by atoms with Crippen LogP contribution in [0.4, 0.5) is 0 Å². The summed E-state index contributed by atoms with van der Waals surface area (Å²) in [5.74, 6) is 0.273. The van der Waals surface area contributed by atoms with E-state index in [4.69, 9.17) is 5.73 Å². The first-order chi connectivity index (χ1) is 8.14. The van der Waals surface area contributed by atoms with Gasteiger partial charge >= 0.3 is 0 Å². The SMILES string of the molecule is Cl.Cl.NC[C@H]1CCCN(S(=O)(=O)c2cccnc2)C1. The second-order valence-electron chi connectivity index (χ2n) is 4.30. The van der Waals surface area contributed by atoms with Crippen molar-refractivity contribution in [3.05, 3.63) is 24.5 Å². The lowest BCUT2D eigenvalue weighted by molar-refractivity contribution is 0.271. The number of aromatic nitrogens is 1. The Kier molecular flexibility index (Phi) is 7.85. The van der Waals surface area contributed by atoms with E-state index in [1.807, 2.05) is 0 Å². The molecule has 8 heteroatoms. The maximum atomic E-state index is 12.3. The molecular weight excluding hydrogens is 309 g/mol. The fourth-order valence-corrected chi connectivity index (χ4v) is 3.61. The first-order valence-corrected chi connectivity index (χ1v) is 7.19. The molecule has 0 radical (unpaired) electrons. The highest BCUT2D eigenvalue weighted by Gasteiger charge is 2.29. The highest BCUT2D eigenvalue weighted by atomic mass is 35.5. The average Bonchev–Trinajstić information content (AvgIpc) is 2.40. The first-order valence-electron chi connectivity index (χ1n) is 5.75. The van der Waals surface area contributed by atoms with Gasteiger partial charge < -0.3 is 5.73 Å². The molecule has 19 heavy (non-hydrogen) atoms. The smallest absolute Gasteiger partial charge is 0.244 e. The molecule has 0 saturated carbocycles. The molecule has 1 atom stereocenters. The number of halogens is 2. The molecule has 1 fully saturated rings. The molecule has 1 aliphatic rings. The van der Waals surface area contributed by atoms with Gasteiger partial charge in [-0.05, 0) is 37.4 Å². The fourth-order valence-electron chi connectivity index (χ4n) is 2.09. The van der Waals surface area contributed by atoms with Crippen molar-refractivity contribution < 1.29 is 8.42 Å². The number of hydrogen-bond donors (Lipinski definition) is 1. The molecule has 0 unspecified atom stereocenters. The van der Waals surface area contributed by atoms with Crippen LogP contribution in [0.25, 0.3) is 0 Å². The quantitative estimate of drug-likeness (QED) is 0.907. The van der Waals surface area contributed by atoms with Crippen LogP contribution in [0.15, 0.2) is 29.4 Å². The molecule has 1 aromatic heterocycles. The van der Waals surface area contributed by atoms with Gasteiger partial charge in [-0.25, -0.2) is 8.42 Å². The Bertz CT molecular complexity index is 470. The standard InChI is InChI=1S/C11H17N3O2S.2ClH/c12-7-10-3-2-6-14(9-10)17(15,16)11-4-1-5-13-8-11;;/h1,4-5,8,10H,2-3,6-7,9,12H2;2*1H/t10-;;/m1../s1. The Balaban J connectivity index is 0.00000162. The predicted molar refractivity (Wildman–Crippen MR) is 79.3 cm³/mol. The fraction of sp³-hybridized carbons (Fsp3) is 0.545. The van der Waals surface area contributed by atoms with Gasteiger partial charge in [0.1, 0.15) is 4.90 Å². The molecule has 0 spiro atoms. The van der Waals surface area contributed by atoms with Gasteiger partial charge in [-0.1, -0.05) is 0 Å². The Morgan fingerprint density at radius 2 is 2.16 bits per heavy atom.